The van der Waals surface area contributed by atoms with Crippen molar-refractivity contribution in [1.82, 2.24) is 13.7 Å². The van der Waals surface area contributed by atoms with Gasteiger partial charge in [-0.2, -0.15) is 21.1 Å². The first-order chi connectivity index (χ1) is 34.4. The summed E-state index contributed by atoms with van der Waals surface area (Å²) in [6, 6.07) is 0. The van der Waals surface area contributed by atoms with E-state index in [0.29, 0.717) is 51.4 Å². The van der Waals surface area contributed by atoms with Crippen LogP contribution in [0.1, 0.15) is 103 Å². The summed E-state index contributed by atoms with van der Waals surface area (Å²) in [5.74, 6) is -5.47. The van der Waals surface area contributed by atoms with Gasteiger partial charge in [-0.25, -0.2) is 28.1 Å². The molecule has 0 rings (SSSR count). The van der Waals surface area contributed by atoms with Crippen LogP contribution in [0.3, 0.4) is 0 Å². The van der Waals surface area contributed by atoms with E-state index in [9.17, 15) is 44.4 Å². The maximum absolute atomic E-state index is 11.5. The molecule has 0 aliphatic heterocycles. The Morgan fingerprint density at radius 2 is 0.750 bits per heavy atom. The summed E-state index contributed by atoms with van der Waals surface area (Å²) in [6.07, 6.45) is 4.11. The number of carboxylic acids is 4. The SMILES string of the molecule is CN(C)S(=O)(=O)NCCC(N)(CCCCB(O)O)C(=O)O.NC(CCCCB(O)O)(CCNS(N)(=O)=O)C(=O)O.NC(CCCCB(O)O)(CCS(N)(=O)=O)C(=O)O.NC(N)=NCCC(N)(CCCCB(O)O)C(=O)O. The van der Waals surface area contributed by atoms with Crippen LogP contribution in [0.5, 0.6) is 0 Å². The van der Waals surface area contributed by atoms with Crippen LogP contribution in [-0.2, 0) is 49.6 Å². The fourth-order valence-corrected chi connectivity index (χ4v) is 7.74. The maximum atomic E-state index is 11.5. The molecule has 0 fully saturated rings. The Morgan fingerprint density at radius 3 is 0.987 bits per heavy atom. The van der Waals surface area contributed by atoms with Crippen LogP contribution >= 0.6 is 0 Å². The highest BCUT2D eigenvalue weighted by Crippen LogP contribution is 2.21. The van der Waals surface area contributed by atoms with Crippen LogP contribution in [0.4, 0.5) is 0 Å². The van der Waals surface area contributed by atoms with E-state index in [1.807, 2.05) is 4.72 Å². The Morgan fingerprint density at radius 1 is 0.474 bits per heavy atom. The highest BCUT2D eigenvalue weighted by molar-refractivity contribution is 7.89. The second kappa shape index (κ2) is 39.0. The van der Waals surface area contributed by atoms with Crippen molar-refractivity contribution in [1.29, 1.82) is 0 Å². The number of hydrogen-bond donors (Lipinski definition) is 22. The van der Waals surface area contributed by atoms with Gasteiger partial charge in [0.25, 0.3) is 20.4 Å². The van der Waals surface area contributed by atoms with Crippen LogP contribution in [-0.4, -0.2) is 210 Å². The van der Waals surface area contributed by atoms with Gasteiger partial charge >= 0.3 is 52.4 Å². The molecule has 0 aliphatic rings. The van der Waals surface area contributed by atoms with Crippen molar-refractivity contribution in [2.75, 3.05) is 39.5 Å². The third-order valence-corrected chi connectivity index (χ3v) is 13.9. The fourth-order valence-electron chi connectivity index (χ4n) is 6.08. The van der Waals surface area contributed by atoms with E-state index in [2.05, 4.69) is 9.71 Å². The molecule has 0 spiro atoms. The Balaban J connectivity index is -0.000000456. The molecule has 30 N–H and O–H groups in total. The number of primary sulfonamides is 1. The van der Waals surface area contributed by atoms with E-state index in [-0.39, 0.29) is 102 Å². The van der Waals surface area contributed by atoms with Gasteiger partial charge in [0.15, 0.2) is 5.96 Å². The molecule has 0 aromatic heterocycles. The summed E-state index contributed by atoms with van der Waals surface area (Å²) in [7, 11) is -14.2. The van der Waals surface area contributed by atoms with Crippen LogP contribution in [0.25, 0.3) is 0 Å². The predicted molar refractivity (Wildman–Crippen MR) is 282 cm³/mol. The molecule has 0 aromatic carbocycles. The number of nitrogens with zero attached hydrogens (tertiary/aromatic N) is 2. The van der Waals surface area contributed by atoms with E-state index in [4.69, 9.17) is 105 Å². The second-order valence-corrected chi connectivity index (χ2v) is 23.1. The van der Waals surface area contributed by atoms with Gasteiger partial charge in [0.1, 0.15) is 22.2 Å². The quantitative estimate of drug-likeness (QED) is 0.0118. The van der Waals surface area contributed by atoms with Gasteiger partial charge in [-0.15, -0.1) is 0 Å². The number of rotatable bonds is 39. The smallest absolute Gasteiger partial charge is 0.451 e. The number of carboxylic acid groups (broad SMARTS) is 4. The Labute approximate surface area is 445 Å². The molecule has 0 heterocycles. The van der Waals surface area contributed by atoms with Crippen molar-refractivity contribution in [2.45, 2.75) is 150 Å². The average Bonchev–Trinajstić information content (AvgIpc) is 3.25. The van der Waals surface area contributed by atoms with Crippen LogP contribution in [0, 0.1) is 0 Å². The highest BCUT2D eigenvalue weighted by atomic mass is 32.2. The first-order valence-electron chi connectivity index (χ1n) is 23.5. The Bertz CT molecular complexity index is 2060. The number of nitrogens with two attached hydrogens (primary N) is 8. The van der Waals surface area contributed by atoms with Crippen molar-refractivity contribution in [3.8, 4) is 0 Å². The molecule has 76 heavy (non-hydrogen) atoms. The highest BCUT2D eigenvalue weighted by Gasteiger charge is 2.36. The van der Waals surface area contributed by atoms with E-state index < -0.39 is 111 Å². The van der Waals surface area contributed by atoms with Gasteiger partial charge in [0.05, 0.1) is 5.75 Å². The lowest BCUT2D eigenvalue weighted by molar-refractivity contribution is -0.144. The Hall–Kier alpha value is -3.42. The van der Waals surface area contributed by atoms with Crippen molar-refractivity contribution >= 4 is 88.8 Å². The molecule has 0 radical (unpaired) electrons. The lowest BCUT2D eigenvalue weighted by Crippen LogP contribution is -2.50. The molecule has 0 saturated heterocycles. The summed E-state index contributed by atoms with van der Waals surface area (Å²) in [5, 5.41) is 115. The number of nitrogens with one attached hydrogen (secondary N) is 2. The van der Waals surface area contributed by atoms with E-state index in [1.54, 1.807) is 0 Å². The molecule has 0 amide bonds. The van der Waals surface area contributed by atoms with Crippen LogP contribution in [0.2, 0.25) is 25.3 Å². The second-order valence-electron chi connectivity index (χ2n) is 18.0. The average molecular weight is 1160 g/mol. The van der Waals surface area contributed by atoms with Crippen LogP contribution < -0.4 is 54.1 Å². The zero-order chi connectivity index (χ0) is 60.4. The third kappa shape index (κ3) is 43.5. The van der Waals surface area contributed by atoms with Crippen molar-refractivity contribution in [3.05, 3.63) is 0 Å². The molecule has 0 aromatic rings. The predicted octanol–water partition coefficient (Wildman–Crippen LogP) is -8.04. The van der Waals surface area contributed by atoms with Gasteiger partial charge < -0.3 is 95.0 Å². The number of sulfonamides is 1. The van der Waals surface area contributed by atoms with E-state index in [1.165, 1.54) is 14.1 Å². The summed E-state index contributed by atoms with van der Waals surface area (Å²) < 4.78 is 71.0. The van der Waals surface area contributed by atoms with Crippen molar-refractivity contribution in [2.24, 2.45) is 49.7 Å². The molecule has 0 bridgehead atoms. The minimum atomic E-state index is -3.87. The summed E-state index contributed by atoms with van der Waals surface area (Å²) in [6.45, 7) is -0.121. The van der Waals surface area contributed by atoms with E-state index in [0.717, 1.165) is 4.31 Å². The normalized spacial score (nSPS) is 14.7. The number of unbranched alkanes of at least 4 members (excludes halogenated alkanes) is 4. The first kappa shape index (κ1) is 79.1. The minimum absolute atomic E-state index is 0.0462. The molecule has 446 valence electrons. The molecule has 4 atom stereocenters. The standard InChI is InChI=1S/C10H24BN3O6S.C9H21BN4O4.C8H20BN3O6S.C8H19BN2O6S/c1-14(2)21(19,20)13-8-6-10(12,9(15)16)5-3-4-7-11(17)18;11-8(12)14-6-4-9(13,7(15)16)3-1-2-5-10(17)18;10-8(7(13)14,3-1-2-5-9(15)16)4-6-12-19(11,17)18;10-8(7(12)13,4-6-18(11,16)17)3-1-2-5-9(14)15/h13,17-18H,3-8,12H2,1-2H3,(H,15,16);17-18H,1-6,13H2,(H,15,16)(H4,11,12,14);12,15-16H,1-6,10H2,(H,13,14)(H2,11,17,18);14-15H,1-6,10H2,(H,12,13)(H2,11,16,17). The van der Waals surface area contributed by atoms with Crippen molar-refractivity contribution < 1.29 is 105 Å². The zero-order valence-electron chi connectivity index (χ0n) is 43.0. The molecule has 41 heteroatoms. The molecule has 0 saturated carbocycles. The molecular formula is C35H84B4N12O22S3. The minimum Gasteiger partial charge on any atom is -0.480 e. The number of carbonyl (C=O) groups is 4. The molecule has 0 aliphatic carbocycles. The van der Waals surface area contributed by atoms with Gasteiger partial charge in [0.2, 0.25) is 10.0 Å². The first-order valence-corrected chi connectivity index (χ1v) is 28.2. The monoisotopic (exact) mass is 1160 g/mol. The summed E-state index contributed by atoms with van der Waals surface area (Å²) in [5.41, 5.74) is 27.0. The topological polar surface area (TPSA) is 661 Å². The molecular weight excluding hydrogens is 1080 g/mol. The Kier molecular flexibility index (Phi) is 40.6. The van der Waals surface area contributed by atoms with E-state index >= 15 is 0 Å². The maximum Gasteiger partial charge on any atom is 0.451 e. The molecule has 34 nitrogen and oxygen atoms in total. The molecule has 4 unspecified atom stereocenters. The van der Waals surface area contributed by atoms with Gasteiger partial charge in [-0.05, 0) is 76.6 Å². The van der Waals surface area contributed by atoms with Crippen molar-refractivity contribution in [3.63, 3.8) is 0 Å². The van der Waals surface area contributed by atoms with Gasteiger partial charge in [-0.3, -0.25) is 24.2 Å². The third-order valence-electron chi connectivity index (χ3n) is 10.9. The lowest BCUT2D eigenvalue weighted by Gasteiger charge is -2.25. The zero-order valence-corrected chi connectivity index (χ0v) is 45.4. The number of aliphatic imine (C=N–C) groups is 1. The summed E-state index contributed by atoms with van der Waals surface area (Å²) >= 11 is 0. The number of guanidine groups is 1. The fraction of sp³-hybridized carbons (Fsp3) is 0.857. The number of aliphatic carboxylic acids is 4. The lowest BCUT2D eigenvalue weighted by atomic mass is 9.81. The largest absolute Gasteiger partial charge is 0.480 e. The van der Waals surface area contributed by atoms with Gasteiger partial charge in [-0.1, -0.05) is 51.4 Å². The van der Waals surface area contributed by atoms with Gasteiger partial charge in [0, 0.05) is 33.7 Å². The van der Waals surface area contributed by atoms with Crippen LogP contribution in [0.15, 0.2) is 4.99 Å². The summed E-state index contributed by atoms with van der Waals surface area (Å²) in [4.78, 5) is 48.1. The number of hydrogen-bond acceptors (Lipinski definition) is 23.